The minimum Gasteiger partial charge on any atom is -0.347 e. The van der Waals surface area contributed by atoms with E-state index >= 15 is 0 Å². The van der Waals surface area contributed by atoms with Crippen molar-refractivity contribution >= 4 is 35.0 Å². The van der Waals surface area contributed by atoms with Gasteiger partial charge in [-0.2, -0.15) is 0 Å². The monoisotopic (exact) mass is 328 g/mol. The fourth-order valence-corrected chi connectivity index (χ4v) is 2.75. The molecule has 1 heterocycles. The third kappa shape index (κ3) is 4.61. The average Bonchev–Trinajstić information content (AvgIpc) is 3.00. The average molecular weight is 329 g/mol. The van der Waals surface area contributed by atoms with E-state index in [1.165, 1.54) is 0 Å². The van der Waals surface area contributed by atoms with Crippen molar-refractivity contribution in [1.82, 2.24) is 10.2 Å². The second kappa shape index (κ2) is 7.66. The van der Waals surface area contributed by atoms with E-state index in [1.54, 1.807) is 17.0 Å². The van der Waals surface area contributed by atoms with Crippen LogP contribution < -0.4 is 5.32 Å². The van der Waals surface area contributed by atoms with Gasteiger partial charge in [-0.15, -0.1) is 0 Å². The van der Waals surface area contributed by atoms with Crippen LogP contribution in [0.3, 0.4) is 0 Å². The van der Waals surface area contributed by atoms with Crippen molar-refractivity contribution in [1.29, 1.82) is 0 Å². The molecule has 0 spiro atoms. The summed E-state index contributed by atoms with van der Waals surface area (Å²) in [6.07, 6.45) is 2.89. The lowest BCUT2D eigenvalue weighted by Gasteiger charge is -2.15. The lowest BCUT2D eigenvalue weighted by molar-refractivity contribution is -0.132. The first-order chi connectivity index (χ1) is 10.1. The summed E-state index contributed by atoms with van der Waals surface area (Å²) in [5.74, 6) is -0.166. The molecule has 1 aliphatic heterocycles. The Morgan fingerprint density at radius 2 is 1.90 bits per heavy atom. The van der Waals surface area contributed by atoms with Crippen LogP contribution in [0, 0.1) is 0 Å². The van der Waals surface area contributed by atoms with Crippen LogP contribution in [0.2, 0.25) is 10.0 Å². The summed E-state index contributed by atoms with van der Waals surface area (Å²) in [5.41, 5.74) is 0.838. The fourth-order valence-electron chi connectivity index (χ4n) is 2.33. The van der Waals surface area contributed by atoms with Gasteiger partial charge in [-0.1, -0.05) is 35.3 Å². The number of carbonyl (C=O) groups excluding carboxylic acids is 2. The molecule has 1 saturated heterocycles. The Morgan fingerprint density at radius 3 is 2.62 bits per heavy atom. The number of nitrogens with zero attached hydrogens (tertiary/aromatic N) is 1. The summed E-state index contributed by atoms with van der Waals surface area (Å²) in [5, 5.41) is 3.63. The predicted octanol–water partition coefficient (Wildman–Crippen LogP) is 2.66. The van der Waals surface area contributed by atoms with Crippen molar-refractivity contribution < 1.29 is 9.59 Å². The fraction of sp³-hybridized carbons (Fsp3) is 0.467. The largest absolute Gasteiger partial charge is 0.347 e. The Kier molecular flexibility index (Phi) is 5.88. The van der Waals surface area contributed by atoms with Crippen LogP contribution in [0.15, 0.2) is 18.2 Å². The van der Waals surface area contributed by atoms with Crippen molar-refractivity contribution in [3.05, 3.63) is 33.8 Å². The van der Waals surface area contributed by atoms with Gasteiger partial charge in [-0.3, -0.25) is 9.59 Å². The third-order valence-electron chi connectivity index (χ3n) is 3.55. The first kappa shape index (κ1) is 16.1. The van der Waals surface area contributed by atoms with Crippen LogP contribution in [0.1, 0.15) is 24.8 Å². The predicted molar refractivity (Wildman–Crippen MR) is 83.6 cm³/mol. The number of carbonyl (C=O) groups is 2. The standard InChI is InChI=1S/C15H18Cl2N2O2/c16-12-5-3-4-11(15(12)17)6-7-13(20)18-10-14(21)19-8-1-2-9-19/h3-5H,1-2,6-10H2,(H,18,20). The van der Waals surface area contributed by atoms with E-state index in [1.807, 2.05) is 6.07 Å². The first-order valence-electron chi connectivity index (χ1n) is 7.05. The van der Waals surface area contributed by atoms with Crippen molar-refractivity contribution in [3.63, 3.8) is 0 Å². The van der Waals surface area contributed by atoms with Crippen LogP contribution in [0.5, 0.6) is 0 Å². The SMILES string of the molecule is O=C(CCc1cccc(Cl)c1Cl)NCC(=O)N1CCCC1. The molecular weight excluding hydrogens is 311 g/mol. The molecular formula is C15H18Cl2N2O2. The molecule has 0 bridgehead atoms. The molecule has 1 fully saturated rings. The first-order valence-corrected chi connectivity index (χ1v) is 7.81. The van der Waals surface area contributed by atoms with Crippen LogP contribution in [0.25, 0.3) is 0 Å². The van der Waals surface area contributed by atoms with Crippen molar-refractivity contribution in [2.75, 3.05) is 19.6 Å². The molecule has 1 aromatic rings. The van der Waals surface area contributed by atoms with Gasteiger partial charge in [0.15, 0.2) is 0 Å². The molecule has 21 heavy (non-hydrogen) atoms. The summed E-state index contributed by atoms with van der Waals surface area (Å²) >= 11 is 12.0. The zero-order chi connectivity index (χ0) is 15.2. The number of hydrogen-bond acceptors (Lipinski definition) is 2. The molecule has 4 nitrogen and oxygen atoms in total. The van der Waals surface area contributed by atoms with Gasteiger partial charge in [-0.05, 0) is 30.9 Å². The molecule has 0 aliphatic carbocycles. The highest BCUT2D eigenvalue weighted by molar-refractivity contribution is 6.42. The molecule has 6 heteroatoms. The third-order valence-corrected chi connectivity index (χ3v) is 4.41. The number of nitrogens with one attached hydrogen (secondary N) is 1. The number of benzene rings is 1. The molecule has 1 aliphatic rings. The van der Waals surface area contributed by atoms with Gasteiger partial charge in [0.2, 0.25) is 11.8 Å². The molecule has 0 unspecified atom stereocenters. The van der Waals surface area contributed by atoms with E-state index in [9.17, 15) is 9.59 Å². The minimum absolute atomic E-state index is 0.0124. The smallest absolute Gasteiger partial charge is 0.241 e. The zero-order valence-electron chi connectivity index (χ0n) is 11.7. The van der Waals surface area contributed by atoms with Crippen LogP contribution in [-0.4, -0.2) is 36.3 Å². The summed E-state index contributed by atoms with van der Waals surface area (Å²) in [4.78, 5) is 25.4. The summed E-state index contributed by atoms with van der Waals surface area (Å²) < 4.78 is 0. The summed E-state index contributed by atoms with van der Waals surface area (Å²) in [7, 11) is 0. The van der Waals surface area contributed by atoms with E-state index in [0.717, 1.165) is 31.5 Å². The topological polar surface area (TPSA) is 49.4 Å². The van der Waals surface area contributed by atoms with Gasteiger partial charge < -0.3 is 10.2 Å². The maximum Gasteiger partial charge on any atom is 0.241 e. The number of aryl methyl sites for hydroxylation is 1. The van der Waals surface area contributed by atoms with Gasteiger partial charge in [0, 0.05) is 19.5 Å². The van der Waals surface area contributed by atoms with Crippen molar-refractivity contribution in [2.45, 2.75) is 25.7 Å². The minimum atomic E-state index is -0.154. The second-order valence-electron chi connectivity index (χ2n) is 5.08. The van der Waals surface area contributed by atoms with Gasteiger partial charge in [0.25, 0.3) is 0 Å². The van der Waals surface area contributed by atoms with Crippen LogP contribution >= 0.6 is 23.2 Å². The number of hydrogen-bond donors (Lipinski definition) is 1. The number of halogens is 2. The van der Waals surface area contributed by atoms with Gasteiger partial charge >= 0.3 is 0 Å². The highest BCUT2D eigenvalue weighted by Crippen LogP contribution is 2.26. The van der Waals surface area contributed by atoms with E-state index in [0.29, 0.717) is 16.5 Å². The molecule has 2 rings (SSSR count). The van der Waals surface area contributed by atoms with Crippen LogP contribution in [-0.2, 0) is 16.0 Å². The Balaban J connectivity index is 1.74. The summed E-state index contributed by atoms with van der Waals surface area (Å²) in [6.45, 7) is 1.67. The number of amides is 2. The number of rotatable bonds is 5. The van der Waals surface area contributed by atoms with E-state index in [4.69, 9.17) is 23.2 Å². The molecule has 0 aromatic heterocycles. The maximum atomic E-state index is 11.8. The highest BCUT2D eigenvalue weighted by Gasteiger charge is 2.18. The van der Waals surface area contributed by atoms with Gasteiger partial charge in [0.1, 0.15) is 0 Å². The van der Waals surface area contributed by atoms with E-state index in [-0.39, 0.29) is 24.8 Å². The van der Waals surface area contributed by atoms with Gasteiger partial charge in [-0.25, -0.2) is 0 Å². The molecule has 1 aromatic carbocycles. The molecule has 0 saturated carbocycles. The van der Waals surface area contributed by atoms with E-state index in [2.05, 4.69) is 5.32 Å². The van der Waals surface area contributed by atoms with Crippen LogP contribution in [0.4, 0.5) is 0 Å². The Labute approximate surface area is 134 Å². The van der Waals surface area contributed by atoms with Crippen molar-refractivity contribution in [3.8, 4) is 0 Å². The number of likely N-dealkylation sites (tertiary alicyclic amines) is 1. The molecule has 114 valence electrons. The normalized spacial score (nSPS) is 14.3. The lowest BCUT2D eigenvalue weighted by atomic mass is 10.1. The quantitative estimate of drug-likeness (QED) is 0.903. The Bertz CT molecular complexity index is 528. The Morgan fingerprint density at radius 1 is 1.19 bits per heavy atom. The Hall–Kier alpha value is -1.26. The van der Waals surface area contributed by atoms with E-state index < -0.39 is 0 Å². The lowest BCUT2D eigenvalue weighted by Crippen LogP contribution is -2.38. The molecule has 2 amide bonds. The second-order valence-corrected chi connectivity index (χ2v) is 5.86. The van der Waals surface area contributed by atoms with Crippen molar-refractivity contribution in [2.24, 2.45) is 0 Å². The highest BCUT2D eigenvalue weighted by atomic mass is 35.5. The maximum absolute atomic E-state index is 11.8. The molecule has 0 atom stereocenters. The van der Waals surface area contributed by atoms with Gasteiger partial charge in [0.05, 0.1) is 16.6 Å². The zero-order valence-corrected chi connectivity index (χ0v) is 13.2. The molecule has 0 radical (unpaired) electrons. The molecule has 1 N–H and O–H groups in total. The summed E-state index contributed by atoms with van der Waals surface area (Å²) in [6, 6.07) is 5.36.